The highest BCUT2D eigenvalue weighted by atomic mass is 35.5. The zero-order valence-electron chi connectivity index (χ0n) is 10.7. The summed E-state index contributed by atoms with van der Waals surface area (Å²) in [7, 11) is 0. The Morgan fingerprint density at radius 1 is 1.47 bits per heavy atom. The van der Waals surface area contributed by atoms with Crippen LogP contribution >= 0.6 is 11.6 Å². The van der Waals surface area contributed by atoms with Crippen LogP contribution in [0, 0.1) is 0 Å². The fourth-order valence-corrected chi connectivity index (χ4v) is 1.87. The van der Waals surface area contributed by atoms with Crippen LogP contribution in [0.5, 0.6) is 0 Å². The van der Waals surface area contributed by atoms with E-state index in [0.29, 0.717) is 11.3 Å². The van der Waals surface area contributed by atoms with Gasteiger partial charge in [-0.15, -0.1) is 11.6 Å². The van der Waals surface area contributed by atoms with E-state index in [9.17, 15) is 15.0 Å². The van der Waals surface area contributed by atoms with Gasteiger partial charge in [0.25, 0.3) is 0 Å². The van der Waals surface area contributed by atoms with Gasteiger partial charge in [-0.25, -0.2) is 4.79 Å². The minimum absolute atomic E-state index is 0.218. The third-order valence-electron chi connectivity index (χ3n) is 2.69. The van der Waals surface area contributed by atoms with Gasteiger partial charge in [0, 0.05) is 17.1 Å². The molecule has 1 aromatic carbocycles. The van der Waals surface area contributed by atoms with Crippen molar-refractivity contribution in [2.24, 2.45) is 0 Å². The zero-order chi connectivity index (χ0) is 14.4. The predicted octanol–water partition coefficient (Wildman–Crippen LogP) is 1.47. The quantitative estimate of drug-likeness (QED) is 0.418. The van der Waals surface area contributed by atoms with Crippen LogP contribution in [0.2, 0.25) is 0 Å². The molecular formula is C13H18ClNO4. The van der Waals surface area contributed by atoms with Crippen molar-refractivity contribution in [3.63, 3.8) is 0 Å². The number of carbonyl (C=O) groups is 1. The summed E-state index contributed by atoms with van der Waals surface area (Å²) in [6.45, 7) is 1.96. The Morgan fingerprint density at radius 3 is 2.74 bits per heavy atom. The van der Waals surface area contributed by atoms with E-state index >= 15 is 0 Å². The molecule has 0 amide bonds. The highest BCUT2D eigenvalue weighted by Crippen LogP contribution is 2.26. The molecule has 0 fully saturated rings. The van der Waals surface area contributed by atoms with Gasteiger partial charge in [0.05, 0.1) is 18.3 Å². The number of benzene rings is 1. The molecule has 0 saturated carbocycles. The molecule has 1 aromatic rings. The van der Waals surface area contributed by atoms with E-state index in [4.69, 9.17) is 22.1 Å². The number of rotatable bonds is 6. The lowest BCUT2D eigenvalue weighted by Gasteiger charge is -2.19. The summed E-state index contributed by atoms with van der Waals surface area (Å²) in [5.74, 6) is -0.279. The Kier molecular flexibility index (Phi) is 6.08. The first kappa shape index (κ1) is 15.8. The molecule has 0 aliphatic carbocycles. The third-order valence-corrected chi connectivity index (χ3v) is 2.90. The lowest BCUT2D eigenvalue weighted by molar-refractivity contribution is 0.0173. The minimum atomic E-state index is -1.19. The van der Waals surface area contributed by atoms with Crippen LogP contribution in [0.15, 0.2) is 18.2 Å². The van der Waals surface area contributed by atoms with Crippen LogP contribution in [0.3, 0.4) is 0 Å². The first-order chi connectivity index (χ1) is 9.01. The average molecular weight is 288 g/mol. The van der Waals surface area contributed by atoms with Gasteiger partial charge < -0.3 is 20.7 Å². The summed E-state index contributed by atoms with van der Waals surface area (Å²) in [5, 5.41) is 19.7. The van der Waals surface area contributed by atoms with Gasteiger partial charge in [0.15, 0.2) is 0 Å². The summed E-state index contributed by atoms with van der Waals surface area (Å²) in [5.41, 5.74) is 6.62. The molecule has 1 rings (SSSR count). The highest BCUT2D eigenvalue weighted by molar-refractivity contribution is 6.17. The van der Waals surface area contributed by atoms with E-state index in [0.717, 1.165) is 0 Å². The molecule has 6 heteroatoms. The van der Waals surface area contributed by atoms with Crippen molar-refractivity contribution in [1.82, 2.24) is 0 Å². The van der Waals surface area contributed by atoms with E-state index in [1.807, 2.05) is 0 Å². The standard InChI is InChI=1S/C13H18ClNO4/c1-2-19-13(18)8-3-4-10(15)9(7-8)12(17)11(16)5-6-14/h3-4,7,11-12,16-17H,2,5-6,15H2,1H3. The molecule has 2 atom stereocenters. The van der Waals surface area contributed by atoms with Crippen molar-refractivity contribution < 1.29 is 19.7 Å². The fraction of sp³-hybridized carbons (Fsp3) is 0.462. The number of hydrogen-bond donors (Lipinski definition) is 3. The second-order valence-corrected chi connectivity index (χ2v) is 4.43. The van der Waals surface area contributed by atoms with E-state index in [2.05, 4.69) is 0 Å². The van der Waals surface area contributed by atoms with Crippen LogP contribution in [0.4, 0.5) is 5.69 Å². The van der Waals surface area contributed by atoms with Crippen molar-refractivity contribution in [1.29, 1.82) is 0 Å². The van der Waals surface area contributed by atoms with Gasteiger partial charge in [0.2, 0.25) is 0 Å². The Balaban J connectivity index is 2.99. The number of halogens is 1. The smallest absolute Gasteiger partial charge is 0.338 e. The molecule has 0 aliphatic heterocycles. The maximum absolute atomic E-state index is 11.6. The molecule has 2 unspecified atom stereocenters. The predicted molar refractivity (Wildman–Crippen MR) is 73.1 cm³/mol. The Bertz CT molecular complexity index is 439. The number of ether oxygens (including phenoxy) is 1. The molecule has 4 N–H and O–H groups in total. The van der Waals surface area contributed by atoms with E-state index in [-0.39, 0.29) is 24.5 Å². The summed E-state index contributed by atoms with van der Waals surface area (Å²) >= 11 is 5.51. The molecule has 0 bridgehead atoms. The zero-order valence-corrected chi connectivity index (χ0v) is 11.4. The number of hydrogen-bond acceptors (Lipinski definition) is 5. The summed E-state index contributed by atoms with van der Waals surface area (Å²) in [6.07, 6.45) is -1.99. The van der Waals surface area contributed by atoms with Crippen molar-refractivity contribution in [2.75, 3.05) is 18.2 Å². The number of aliphatic hydroxyl groups is 2. The molecule has 0 aliphatic rings. The Hall–Kier alpha value is -1.30. The Morgan fingerprint density at radius 2 is 2.16 bits per heavy atom. The van der Waals surface area contributed by atoms with Crippen LogP contribution in [0.1, 0.15) is 35.4 Å². The van der Waals surface area contributed by atoms with Crippen molar-refractivity contribution in [3.8, 4) is 0 Å². The van der Waals surface area contributed by atoms with Crippen LogP contribution < -0.4 is 5.73 Å². The largest absolute Gasteiger partial charge is 0.462 e. The van der Waals surface area contributed by atoms with E-state index in [1.165, 1.54) is 18.2 Å². The van der Waals surface area contributed by atoms with Gasteiger partial charge in [-0.1, -0.05) is 0 Å². The number of esters is 1. The summed E-state index contributed by atoms with van der Waals surface area (Å²) in [4.78, 5) is 11.6. The number of anilines is 1. The molecule has 0 aromatic heterocycles. The number of nitrogens with two attached hydrogens (primary N) is 1. The first-order valence-electron chi connectivity index (χ1n) is 5.99. The SMILES string of the molecule is CCOC(=O)c1ccc(N)c(C(O)C(O)CCCl)c1. The molecular weight excluding hydrogens is 270 g/mol. The first-order valence-corrected chi connectivity index (χ1v) is 6.53. The van der Waals surface area contributed by atoms with Crippen LogP contribution in [0.25, 0.3) is 0 Å². The summed E-state index contributed by atoms with van der Waals surface area (Å²) in [6, 6.07) is 4.44. The van der Waals surface area contributed by atoms with Crippen LogP contribution in [-0.4, -0.2) is 34.8 Å². The van der Waals surface area contributed by atoms with Crippen molar-refractivity contribution >= 4 is 23.3 Å². The number of nitrogen functional groups attached to an aromatic ring is 1. The second kappa shape index (κ2) is 7.33. The van der Waals surface area contributed by atoms with Gasteiger partial charge in [-0.2, -0.15) is 0 Å². The lowest BCUT2D eigenvalue weighted by atomic mass is 9.99. The topological polar surface area (TPSA) is 92.8 Å². The van der Waals surface area contributed by atoms with Gasteiger partial charge in [-0.05, 0) is 31.5 Å². The number of alkyl halides is 1. The lowest BCUT2D eigenvalue weighted by Crippen LogP contribution is -2.20. The molecule has 5 nitrogen and oxygen atoms in total. The second-order valence-electron chi connectivity index (χ2n) is 4.05. The van der Waals surface area contributed by atoms with E-state index in [1.54, 1.807) is 6.92 Å². The van der Waals surface area contributed by atoms with Gasteiger partial charge >= 0.3 is 5.97 Å². The third kappa shape index (κ3) is 4.09. The van der Waals surface area contributed by atoms with Crippen molar-refractivity contribution in [3.05, 3.63) is 29.3 Å². The molecule has 0 heterocycles. The molecule has 19 heavy (non-hydrogen) atoms. The van der Waals surface area contributed by atoms with Gasteiger partial charge in [0.1, 0.15) is 6.10 Å². The summed E-state index contributed by atoms with van der Waals surface area (Å²) < 4.78 is 4.87. The molecule has 0 radical (unpaired) electrons. The maximum atomic E-state index is 11.6. The van der Waals surface area contributed by atoms with Gasteiger partial charge in [-0.3, -0.25) is 0 Å². The fourth-order valence-electron chi connectivity index (χ4n) is 1.65. The molecule has 0 saturated heterocycles. The maximum Gasteiger partial charge on any atom is 0.338 e. The minimum Gasteiger partial charge on any atom is -0.462 e. The molecule has 0 spiro atoms. The normalized spacial score (nSPS) is 13.9. The number of carbonyl (C=O) groups excluding carboxylic acids is 1. The highest BCUT2D eigenvalue weighted by Gasteiger charge is 2.21. The van der Waals surface area contributed by atoms with E-state index < -0.39 is 18.2 Å². The van der Waals surface area contributed by atoms with Crippen molar-refractivity contribution in [2.45, 2.75) is 25.6 Å². The Labute approximate surface area is 116 Å². The molecule has 106 valence electrons. The van der Waals surface area contributed by atoms with Crippen LogP contribution in [-0.2, 0) is 4.74 Å². The average Bonchev–Trinajstić information content (AvgIpc) is 2.39. The number of aliphatic hydroxyl groups excluding tert-OH is 2. The monoisotopic (exact) mass is 287 g/mol.